The Hall–Kier alpha value is -2.43. The van der Waals surface area contributed by atoms with Gasteiger partial charge >= 0.3 is 0 Å². The molecule has 3 rings (SSSR count). The summed E-state index contributed by atoms with van der Waals surface area (Å²) in [5.74, 6) is 0.675. The maximum absolute atomic E-state index is 5.71. The lowest BCUT2D eigenvalue weighted by Gasteiger charge is -2.01. The third kappa shape index (κ3) is 1.30. The van der Waals surface area contributed by atoms with Gasteiger partial charge in [-0.05, 0) is 18.2 Å². The molecule has 78 valence electrons. The molecule has 1 aromatic carbocycles. The van der Waals surface area contributed by atoms with E-state index in [-0.39, 0.29) is 0 Å². The van der Waals surface area contributed by atoms with Crippen LogP contribution in [0.15, 0.2) is 42.6 Å². The van der Waals surface area contributed by atoms with E-state index < -0.39 is 0 Å². The van der Waals surface area contributed by atoms with Crippen LogP contribution >= 0.6 is 0 Å². The van der Waals surface area contributed by atoms with Crippen LogP contribution in [0.1, 0.15) is 0 Å². The number of aromatic nitrogens is 4. The van der Waals surface area contributed by atoms with E-state index in [9.17, 15) is 0 Å². The minimum Gasteiger partial charge on any atom is -0.399 e. The van der Waals surface area contributed by atoms with Gasteiger partial charge in [0, 0.05) is 18.0 Å². The van der Waals surface area contributed by atoms with E-state index in [1.54, 1.807) is 23.0 Å². The first kappa shape index (κ1) is 8.84. The van der Waals surface area contributed by atoms with E-state index in [0.717, 1.165) is 11.0 Å². The Labute approximate surface area is 91.5 Å². The first-order chi connectivity index (χ1) is 7.84. The van der Waals surface area contributed by atoms with Crippen LogP contribution in [0.5, 0.6) is 0 Å². The van der Waals surface area contributed by atoms with Crippen molar-refractivity contribution in [2.75, 3.05) is 5.73 Å². The van der Waals surface area contributed by atoms with Crippen molar-refractivity contribution >= 4 is 16.7 Å². The summed E-state index contributed by atoms with van der Waals surface area (Å²) < 4.78 is 1.67. The molecule has 2 heterocycles. The molecule has 5 nitrogen and oxygen atoms in total. The van der Waals surface area contributed by atoms with Crippen LogP contribution in [0, 0.1) is 0 Å². The molecule has 0 aliphatic heterocycles. The molecule has 0 saturated heterocycles. The Morgan fingerprint density at radius 1 is 1.12 bits per heavy atom. The maximum Gasteiger partial charge on any atom is 0.157 e. The lowest BCUT2D eigenvalue weighted by Crippen LogP contribution is -2.00. The summed E-state index contributed by atoms with van der Waals surface area (Å²) in [6.45, 7) is 0. The van der Waals surface area contributed by atoms with Crippen LogP contribution in [0.3, 0.4) is 0 Å². The highest BCUT2D eigenvalue weighted by Crippen LogP contribution is 2.15. The minimum atomic E-state index is 0.657. The van der Waals surface area contributed by atoms with Crippen molar-refractivity contribution in [3.05, 3.63) is 42.6 Å². The average Bonchev–Trinajstić information content (AvgIpc) is 2.72. The van der Waals surface area contributed by atoms with Gasteiger partial charge in [-0.1, -0.05) is 17.3 Å². The van der Waals surface area contributed by atoms with Crippen molar-refractivity contribution in [3.63, 3.8) is 0 Å². The lowest BCUT2D eigenvalue weighted by atomic mass is 10.3. The van der Waals surface area contributed by atoms with Gasteiger partial charge in [-0.25, -0.2) is 4.98 Å². The van der Waals surface area contributed by atoms with Gasteiger partial charge in [-0.2, -0.15) is 4.68 Å². The molecule has 0 bridgehead atoms. The smallest absolute Gasteiger partial charge is 0.157 e. The van der Waals surface area contributed by atoms with Gasteiger partial charge in [0.15, 0.2) is 5.82 Å². The van der Waals surface area contributed by atoms with Crippen molar-refractivity contribution in [1.29, 1.82) is 0 Å². The molecule has 0 aliphatic rings. The van der Waals surface area contributed by atoms with Gasteiger partial charge < -0.3 is 5.73 Å². The molecule has 0 amide bonds. The van der Waals surface area contributed by atoms with Crippen molar-refractivity contribution in [2.24, 2.45) is 0 Å². The fourth-order valence-corrected chi connectivity index (χ4v) is 1.59. The number of nitrogens with two attached hydrogens (primary N) is 1. The van der Waals surface area contributed by atoms with E-state index in [1.807, 2.05) is 24.3 Å². The number of anilines is 1. The molecule has 0 saturated carbocycles. The Kier molecular flexibility index (Phi) is 1.83. The molecule has 2 aromatic heterocycles. The highest BCUT2D eigenvalue weighted by atomic mass is 15.4. The van der Waals surface area contributed by atoms with E-state index >= 15 is 0 Å². The van der Waals surface area contributed by atoms with Gasteiger partial charge in [0.2, 0.25) is 0 Å². The topological polar surface area (TPSA) is 69.6 Å². The number of nitrogen functional groups attached to an aromatic ring is 1. The fraction of sp³-hybridized carbons (Fsp3) is 0. The second kappa shape index (κ2) is 3.30. The van der Waals surface area contributed by atoms with E-state index in [1.165, 1.54) is 0 Å². The lowest BCUT2D eigenvalue weighted by molar-refractivity contribution is 0.802. The summed E-state index contributed by atoms with van der Waals surface area (Å²) >= 11 is 0. The molecular formula is C11H9N5. The summed E-state index contributed by atoms with van der Waals surface area (Å²) in [4.78, 5) is 4.21. The predicted molar refractivity (Wildman–Crippen MR) is 61.1 cm³/mol. The van der Waals surface area contributed by atoms with Gasteiger partial charge in [0.05, 0.1) is 5.52 Å². The van der Waals surface area contributed by atoms with Crippen LogP contribution in [0.25, 0.3) is 16.9 Å². The molecular weight excluding hydrogens is 202 g/mol. The predicted octanol–water partition coefficient (Wildman–Crippen LogP) is 1.40. The SMILES string of the molecule is Nc1ccnc(-n2nnc3ccccc32)c1. The first-order valence-electron chi connectivity index (χ1n) is 4.87. The Morgan fingerprint density at radius 2 is 2.00 bits per heavy atom. The summed E-state index contributed by atoms with van der Waals surface area (Å²) in [6, 6.07) is 11.2. The van der Waals surface area contributed by atoms with Crippen molar-refractivity contribution in [1.82, 2.24) is 20.0 Å². The van der Waals surface area contributed by atoms with Crippen molar-refractivity contribution in [3.8, 4) is 5.82 Å². The summed E-state index contributed by atoms with van der Waals surface area (Å²) in [7, 11) is 0. The number of hydrogen-bond donors (Lipinski definition) is 1. The van der Waals surface area contributed by atoms with Crippen LogP contribution < -0.4 is 5.73 Å². The highest BCUT2D eigenvalue weighted by Gasteiger charge is 2.06. The number of nitrogens with zero attached hydrogens (tertiary/aromatic N) is 4. The largest absolute Gasteiger partial charge is 0.399 e. The van der Waals surface area contributed by atoms with E-state index in [4.69, 9.17) is 5.73 Å². The monoisotopic (exact) mass is 211 g/mol. The van der Waals surface area contributed by atoms with Crippen LogP contribution in [0.2, 0.25) is 0 Å². The molecule has 16 heavy (non-hydrogen) atoms. The zero-order chi connectivity index (χ0) is 11.0. The number of hydrogen-bond acceptors (Lipinski definition) is 4. The van der Waals surface area contributed by atoms with Gasteiger partial charge in [-0.15, -0.1) is 5.10 Å². The van der Waals surface area contributed by atoms with Crippen LogP contribution in [0.4, 0.5) is 5.69 Å². The summed E-state index contributed by atoms with van der Waals surface area (Å²) in [5, 5.41) is 8.11. The molecule has 0 atom stereocenters. The van der Waals surface area contributed by atoms with E-state index in [2.05, 4.69) is 15.3 Å². The maximum atomic E-state index is 5.71. The fourth-order valence-electron chi connectivity index (χ4n) is 1.59. The number of rotatable bonds is 1. The minimum absolute atomic E-state index is 0.657. The third-order valence-corrected chi connectivity index (χ3v) is 2.34. The summed E-state index contributed by atoms with van der Waals surface area (Å²) in [6.07, 6.45) is 1.65. The van der Waals surface area contributed by atoms with Gasteiger partial charge in [0.25, 0.3) is 0 Å². The van der Waals surface area contributed by atoms with Gasteiger partial charge in [-0.3, -0.25) is 0 Å². The molecule has 2 N–H and O–H groups in total. The van der Waals surface area contributed by atoms with Crippen LogP contribution in [-0.2, 0) is 0 Å². The highest BCUT2D eigenvalue weighted by molar-refractivity contribution is 5.75. The van der Waals surface area contributed by atoms with Crippen LogP contribution in [-0.4, -0.2) is 20.0 Å². The molecule has 0 aliphatic carbocycles. The second-order valence-electron chi connectivity index (χ2n) is 3.44. The first-order valence-corrected chi connectivity index (χ1v) is 4.87. The number of benzene rings is 1. The molecule has 0 fully saturated rings. The zero-order valence-corrected chi connectivity index (χ0v) is 8.41. The molecule has 5 heteroatoms. The molecule has 0 spiro atoms. The number of para-hydroxylation sites is 1. The number of fused-ring (bicyclic) bond motifs is 1. The van der Waals surface area contributed by atoms with E-state index in [0.29, 0.717) is 11.5 Å². The standard InChI is InChI=1S/C11H9N5/c12-8-5-6-13-11(7-8)16-10-4-2-1-3-9(10)14-15-16/h1-7H,(H2,12,13). The zero-order valence-electron chi connectivity index (χ0n) is 8.41. The van der Waals surface area contributed by atoms with Crippen molar-refractivity contribution in [2.45, 2.75) is 0 Å². The normalized spacial score (nSPS) is 10.8. The molecule has 0 unspecified atom stereocenters. The third-order valence-electron chi connectivity index (χ3n) is 2.34. The number of pyridine rings is 1. The van der Waals surface area contributed by atoms with Gasteiger partial charge in [0.1, 0.15) is 5.52 Å². The Balaban J connectivity index is 2.26. The Morgan fingerprint density at radius 3 is 2.88 bits per heavy atom. The average molecular weight is 211 g/mol. The second-order valence-corrected chi connectivity index (χ2v) is 3.44. The Bertz CT molecular complexity index is 643. The molecule has 3 aromatic rings. The quantitative estimate of drug-likeness (QED) is 0.660. The van der Waals surface area contributed by atoms with Crippen molar-refractivity contribution < 1.29 is 0 Å². The molecule has 0 radical (unpaired) electrons. The summed E-state index contributed by atoms with van der Waals surface area (Å²) in [5.41, 5.74) is 8.12.